The van der Waals surface area contributed by atoms with E-state index in [1.807, 2.05) is 50.2 Å². The lowest BCUT2D eigenvalue weighted by Crippen LogP contribution is -2.23. The fraction of sp³-hybridized carbons (Fsp3) is 0.333. The monoisotopic (exact) mass is 429 g/mol. The second-order valence-corrected chi connectivity index (χ2v) is 10.9. The maximum atomic E-state index is 12.6. The van der Waals surface area contributed by atoms with Gasteiger partial charge in [-0.15, -0.1) is 0 Å². The van der Waals surface area contributed by atoms with Crippen LogP contribution in [-0.2, 0) is 16.4 Å². The second-order valence-electron chi connectivity index (χ2n) is 7.56. The van der Waals surface area contributed by atoms with Crippen molar-refractivity contribution < 1.29 is 13.2 Å². The molecule has 29 heavy (non-hydrogen) atoms. The van der Waals surface area contributed by atoms with Crippen molar-refractivity contribution in [1.82, 2.24) is 5.32 Å². The molecule has 2 aromatic carbocycles. The Labute approximate surface area is 175 Å². The minimum atomic E-state index is -2.97. The van der Waals surface area contributed by atoms with Gasteiger partial charge in [0.05, 0.1) is 17.5 Å². The number of fused-ring (bicyclic) bond motifs is 1. The Morgan fingerprint density at radius 1 is 1.14 bits per heavy atom. The van der Waals surface area contributed by atoms with Crippen LogP contribution in [0.2, 0.25) is 0 Å². The highest BCUT2D eigenvalue weighted by Gasteiger charge is 2.42. The van der Waals surface area contributed by atoms with E-state index in [9.17, 15) is 13.2 Å². The van der Waals surface area contributed by atoms with Gasteiger partial charge < -0.3 is 10.6 Å². The summed E-state index contributed by atoms with van der Waals surface area (Å²) in [5.74, 6) is 0.158. The van der Waals surface area contributed by atoms with Crippen LogP contribution in [0.3, 0.4) is 0 Å². The van der Waals surface area contributed by atoms with E-state index in [4.69, 9.17) is 0 Å². The number of amides is 1. The molecule has 0 bridgehead atoms. The lowest BCUT2D eigenvalue weighted by atomic mass is 10.1. The summed E-state index contributed by atoms with van der Waals surface area (Å²) in [6.45, 7) is 4.46. The molecule has 2 heterocycles. The van der Waals surface area contributed by atoms with Crippen LogP contribution in [0.15, 0.2) is 47.5 Å². The number of nitrogens with one attached hydrogen (secondary N) is 2. The van der Waals surface area contributed by atoms with Crippen molar-refractivity contribution in [3.63, 3.8) is 0 Å². The summed E-state index contributed by atoms with van der Waals surface area (Å²) < 4.78 is 23.4. The van der Waals surface area contributed by atoms with E-state index >= 15 is 0 Å². The first-order valence-electron chi connectivity index (χ1n) is 9.45. The van der Waals surface area contributed by atoms with Crippen LogP contribution < -0.4 is 10.6 Å². The highest BCUT2D eigenvalue weighted by molar-refractivity contribution is 8.15. The Balaban J connectivity index is 1.42. The number of thioether (sulfide) groups is 1. The van der Waals surface area contributed by atoms with Crippen LogP contribution in [0.5, 0.6) is 0 Å². The fourth-order valence-electron chi connectivity index (χ4n) is 3.42. The molecule has 0 unspecified atom stereocenters. The molecule has 0 spiro atoms. The van der Waals surface area contributed by atoms with Crippen LogP contribution in [0.25, 0.3) is 0 Å². The molecule has 8 heteroatoms. The molecule has 2 N–H and O–H groups in total. The maximum Gasteiger partial charge on any atom is 0.251 e. The number of sulfone groups is 1. The molecular formula is C21H23N3O3S2. The van der Waals surface area contributed by atoms with Crippen LogP contribution in [0.1, 0.15) is 27.0 Å². The predicted molar refractivity (Wildman–Crippen MR) is 118 cm³/mol. The third-order valence-corrected chi connectivity index (χ3v) is 8.27. The van der Waals surface area contributed by atoms with Gasteiger partial charge in [-0.25, -0.2) is 8.42 Å². The van der Waals surface area contributed by atoms with Crippen molar-refractivity contribution in [3.05, 3.63) is 64.7 Å². The number of hydrogen-bond donors (Lipinski definition) is 2. The Bertz CT molecular complexity index is 1080. The third kappa shape index (κ3) is 4.64. The molecule has 0 saturated carbocycles. The molecule has 1 amide bonds. The molecule has 2 aromatic rings. The van der Waals surface area contributed by atoms with E-state index in [0.717, 1.165) is 22.0 Å². The zero-order chi connectivity index (χ0) is 20.6. The number of carbonyl (C=O) groups excluding carboxylic acids is 1. The average Bonchev–Trinajstić information content (AvgIpc) is 3.15. The van der Waals surface area contributed by atoms with Gasteiger partial charge in [0, 0.05) is 23.0 Å². The van der Waals surface area contributed by atoms with Gasteiger partial charge in [-0.05, 0) is 37.1 Å². The average molecular weight is 430 g/mol. The molecule has 152 valence electrons. The van der Waals surface area contributed by atoms with Gasteiger partial charge in [0.1, 0.15) is 0 Å². The summed E-state index contributed by atoms with van der Waals surface area (Å²) in [5, 5.41) is 6.93. The zero-order valence-corrected chi connectivity index (χ0v) is 17.9. The standard InChI is InChI=1S/C21H23N3O3S2/c1-13-3-6-15(7-4-13)10-22-20(25)16-8-5-14(2)17(9-16)23-21-24-18-11-29(26,27)12-19(18)28-21/h3-9,18-19H,10-12H2,1-2H3,(H,22,25)(H,23,24)/t18-,19-/m1/s1. The summed E-state index contributed by atoms with van der Waals surface area (Å²) >= 11 is 1.47. The number of nitrogens with zero attached hydrogens (tertiary/aromatic N) is 1. The number of rotatable bonds is 4. The van der Waals surface area contributed by atoms with Gasteiger partial charge in [0.25, 0.3) is 5.91 Å². The summed E-state index contributed by atoms with van der Waals surface area (Å²) in [5.41, 5.74) is 4.60. The Morgan fingerprint density at radius 2 is 1.90 bits per heavy atom. The molecule has 2 aliphatic heterocycles. The molecule has 0 radical (unpaired) electrons. The smallest absolute Gasteiger partial charge is 0.251 e. The molecule has 0 aliphatic carbocycles. The summed E-state index contributed by atoms with van der Waals surface area (Å²) in [6, 6.07) is 13.4. The van der Waals surface area contributed by atoms with Crippen LogP contribution in [0, 0.1) is 13.8 Å². The Kier molecular flexibility index (Phi) is 5.40. The molecule has 6 nitrogen and oxygen atoms in total. The number of aliphatic imine (C=N–C) groups is 1. The third-order valence-electron chi connectivity index (χ3n) is 5.13. The van der Waals surface area contributed by atoms with E-state index in [2.05, 4.69) is 15.6 Å². The van der Waals surface area contributed by atoms with E-state index in [0.29, 0.717) is 12.1 Å². The number of benzene rings is 2. The van der Waals surface area contributed by atoms with Gasteiger partial charge >= 0.3 is 0 Å². The topological polar surface area (TPSA) is 87.6 Å². The minimum absolute atomic E-state index is 0.0104. The first-order chi connectivity index (χ1) is 13.8. The van der Waals surface area contributed by atoms with E-state index in [-0.39, 0.29) is 28.7 Å². The molecule has 2 aliphatic rings. The number of anilines is 1. The Hall–Kier alpha value is -2.32. The van der Waals surface area contributed by atoms with Gasteiger partial charge in [0.15, 0.2) is 15.0 Å². The van der Waals surface area contributed by atoms with E-state index in [1.165, 1.54) is 17.3 Å². The molecule has 1 saturated heterocycles. The predicted octanol–water partition coefficient (Wildman–Crippen LogP) is 2.91. The highest BCUT2D eigenvalue weighted by atomic mass is 32.2. The van der Waals surface area contributed by atoms with Gasteiger partial charge in [-0.3, -0.25) is 9.79 Å². The zero-order valence-electron chi connectivity index (χ0n) is 16.3. The van der Waals surface area contributed by atoms with Gasteiger partial charge in [-0.1, -0.05) is 47.7 Å². The molecule has 1 fully saturated rings. The van der Waals surface area contributed by atoms with Crippen molar-refractivity contribution in [2.45, 2.75) is 31.7 Å². The molecule has 2 atom stereocenters. The van der Waals surface area contributed by atoms with Crippen molar-refractivity contribution in [2.24, 2.45) is 4.99 Å². The van der Waals surface area contributed by atoms with Crippen molar-refractivity contribution in [3.8, 4) is 0 Å². The number of amidine groups is 1. The summed E-state index contributed by atoms with van der Waals surface area (Å²) in [4.78, 5) is 17.1. The molecule has 0 aromatic heterocycles. The highest BCUT2D eigenvalue weighted by Crippen LogP contribution is 2.35. The van der Waals surface area contributed by atoms with Crippen molar-refractivity contribution in [2.75, 3.05) is 16.8 Å². The first kappa shape index (κ1) is 20.0. The quantitative estimate of drug-likeness (QED) is 0.780. The minimum Gasteiger partial charge on any atom is -0.348 e. The summed E-state index contributed by atoms with van der Waals surface area (Å²) in [7, 11) is -2.97. The number of carbonyl (C=O) groups is 1. The maximum absolute atomic E-state index is 12.6. The van der Waals surface area contributed by atoms with E-state index in [1.54, 1.807) is 6.07 Å². The molecule has 4 rings (SSSR count). The van der Waals surface area contributed by atoms with Crippen LogP contribution in [-0.4, -0.2) is 42.3 Å². The van der Waals surface area contributed by atoms with Crippen LogP contribution in [0.4, 0.5) is 5.69 Å². The fourth-order valence-corrected chi connectivity index (χ4v) is 7.09. The lowest BCUT2D eigenvalue weighted by molar-refractivity contribution is 0.0951. The van der Waals surface area contributed by atoms with Gasteiger partial charge in [0.2, 0.25) is 0 Å². The Morgan fingerprint density at radius 3 is 2.62 bits per heavy atom. The second kappa shape index (κ2) is 7.84. The summed E-state index contributed by atoms with van der Waals surface area (Å²) in [6.07, 6.45) is 0. The number of hydrogen-bond acceptors (Lipinski definition) is 6. The van der Waals surface area contributed by atoms with E-state index < -0.39 is 9.84 Å². The lowest BCUT2D eigenvalue weighted by Gasteiger charge is -2.12. The molecular weight excluding hydrogens is 406 g/mol. The first-order valence-corrected chi connectivity index (χ1v) is 12.2. The van der Waals surface area contributed by atoms with Crippen molar-refractivity contribution in [1.29, 1.82) is 0 Å². The van der Waals surface area contributed by atoms with Gasteiger partial charge in [-0.2, -0.15) is 0 Å². The number of aryl methyl sites for hydroxylation is 2. The van der Waals surface area contributed by atoms with Crippen molar-refractivity contribution >= 4 is 38.4 Å². The largest absolute Gasteiger partial charge is 0.348 e. The SMILES string of the molecule is Cc1ccc(CNC(=O)c2ccc(C)c(NC3=N[C@@H]4CS(=O)(=O)C[C@H]4S3)c2)cc1. The van der Waals surface area contributed by atoms with Crippen LogP contribution >= 0.6 is 11.8 Å². The normalized spacial score (nSPS) is 22.1.